The van der Waals surface area contributed by atoms with Gasteiger partial charge in [0.2, 0.25) is 15.9 Å². The zero-order chi connectivity index (χ0) is 21.4. The van der Waals surface area contributed by atoms with Crippen LogP contribution in [0.3, 0.4) is 0 Å². The molecular weight excluding hydrogens is 400 g/mol. The van der Waals surface area contributed by atoms with E-state index in [2.05, 4.69) is 17.1 Å². The SMILES string of the molecule is CC1CCN(CCCNC(=O)CCCN(c2ccc(F)c(F)c2)S(C)(=O)=O)CC1. The van der Waals surface area contributed by atoms with Crippen LogP contribution in [0.15, 0.2) is 18.2 Å². The Morgan fingerprint density at radius 2 is 1.90 bits per heavy atom. The van der Waals surface area contributed by atoms with Gasteiger partial charge in [-0.15, -0.1) is 0 Å². The van der Waals surface area contributed by atoms with E-state index in [0.29, 0.717) is 6.54 Å². The number of halogens is 2. The van der Waals surface area contributed by atoms with Crippen molar-refractivity contribution in [2.75, 3.05) is 43.3 Å². The largest absolute Gasteiger partial charge is 0.356 e. The maximum atomic E-state index is 13.4. The number of hydrogen-bond acceptors (Lipinski definition) is 4. The number of sulfonamides is 1. The average molecular weight is 432 g/mol. The topological polar surface area (TPSA) is 69.7 Å². The fraction of sp³-hybridized carbons (Fsp3) is 0.650. The van der Waals surface area contributed by atoms with Crippen LogP contribution in [0.1, 0.15) is 39.0 Å². The van der Waals surface area contributed by atoms with Crippen LogP contribution in [0, 0.1) is 17.6 Å². The number of carbonyl (C=O) groups is 1. The Kier molecular flexibility index (Phi) is 8.82. The smallest absolute Gasteiger partial charge is 0.232 e. The molecule has 29 heavy (non-hydrogen) atoms. The van der Waals surface area contributed by atoms with Crippen molar-refractivity contribution in [2.24, 2.45) is 5.92 Å². The number of piperidine rings is 1. The normalized spacial score (nSPS) is 16.0. The molecule has 9 heteroatoms. The van der Waals surface area contributed by atoms with Crippen LogP contribution in [-0.2, 0) is 14.8 Å². The number of anilines is 1. The van der Waals surface area contributed by atoms with Crippen LogP contribution in [0.5, 0.6) is 0 Å². The molecule has 0 aromatic heterocycles. The van der Waals surface area contributed by atoms with Crippen molar-refractivity contribution in [1.29, 1.82) is 0 Å². The van der Waals surface area contributed by atoms with Crippen molar-refractivity contribution in [2.45, 2.75) is 39.0 Å². The Bertz CT molecular complexity index is 781. The number of rotatable bonds is 10. The Labute approximate surface area is 172 Å². The molecule has 0 saturated carbocycles. The third-order valence-corrected chi connectivity index (χ3v) is 6.40. The van der Waals surface area contributed by atoms with E-state index in [1.807, 2.05) is 0 Å². The minimum atomic E-state index is -3.68. The second kappa shape index (κ2) is 10.9. The summed E-state index contributed by atoms with van der Waals surface area (Å²) in [5.74, 6) is -1.50. The fourth-order valence-corrected chi connectivity index (χ4v) is 4.37. The molecule has 1 aliphatic rings. The fourth-order valence-electron chi connectivity index (χ4n) is 3.41. The van der Waals surface area contributed by atoms with Crippen LogP contribution in [-0.4, -0.2) is 58.2 Å². The molecule has 1 saturated heterocycles. The molecule has 0 atom stereocenters. The highest BCUT2D eigenvalue weighted by molar-refractivity contribution is 7.92. The summed E-state index contributed by atoms with van der Waals surface area (Å²) in [5.41, 5.74) is 0.0441. The van der Waals surface area contributed by atoms with Crippen LogP contribution in [0.25, 0.3) is 0 Å². The lowest BCUT2D eigenvalue weighted by Gasteiger charge is -2.30. The summed E-state index contributed by atoms with van der Waals surface area (Å²) in [6, 6.07) is 2.94. The molecule has 1 aromatic carbocycles. The molecule has 1 amide bonds. The Balaban J connectivity index is 1.71. The minimum absolute atomic E-state index is 0.0172. The summed E-state index contributed by atoms with van der Waals surface area (Å²) in [6.07, 6.45) is 4.77. The van der Waals surface area contributed by atoms with E-state index in [0.717, 1.165) is 54.7 Å². The third-order valence-electron chi connectivity index (χ3n) is 5.21. The van der Waals surface area contributed by atoms with Crippen molar-refractivity contribution in [3.8, 4) is 0 Å². The number of likely N-dealkylation sites (tertiary alicyclic amines) is 1. The molecule has 0 spiro atoms. The lowest BCUT2D eigenvalue weighted by Crippen LogP contribution is -2.35. The molecule has 1 N–H and O–H groups in total. The van der Waals surface area contributed by atoms with E-state index >= 15 is 0 Å². The highest BCUT2D eigenvalue weighted by atomic mass is 32.2. The van der Waals surface area contributed by atoms with Crippen molar-refractivity contribution in [3.05, 3.63) is 29.8 Å². The zero-order valence-electron chi connectivity index (χ0n) is 17.2. The summed E-state index contributed by atoms with van der Waals surface area (Å²) in [6.45, 7) is 6.06. The number of nitrogens with zero attached hydrogens (tertiary/aromatic N) is 2. The third kappa shape index (κ3) is 7.89. The van der Waals surface area contributed by atoms with Crippen LogP contribution >= 0.6 is 0 Å². The standard InChI is InChI=1S/C20H31F2N3O3S/c1-16-8-13-24(14-9-16)11-4-10-23-20(26)5-3-12-25(29(2,27)28)17-6-7-18(21)19(22)15-17/h6-7,15-16H,3-5,8-14H2,1-2H3,(H,23,26). The van der Waals surface area contributed by atoms with Gasteiger partial charge in [0.25, 0.3) is 0 Å². The lowest BCUT2D eigenvalue weighted by molar-refractivity contribution is -0.121. The Hall–Kier alpha value is -1.74. The molecule has 0 aliphatic carbocycles. The summed E-state index contributed by atoms with van der Waals surface area (Å²) in [4.78, 5) is 14.4. The minimum Gasteiger partial charge on any atom is -0.356 e. The predicted octanol–water partition coefficient (Wildman–Crippen LogP) is 2.75. The molecule has 0 radical (unpaired) electrons. The number of hydrogen-bond donors (Lipinski definition) is 1. The van der Waals surface area contributed by atoms with Crippen molar-refractivity contribution in [1.82, 2.24) is 10.2 Å². The van der Waals surface area contributed by atoms with Gasteiger partial charge in [-0.2, -0.15) is 0 Å². The van der Waals surface area contributed by atoms with Gasteiger partial charge in [0.15, 0.2) is 11.6 Å². The molecular formula is C20H31F2N3O3S. The second-order valence-electron chi connectivity index (χ2n) is 7.76. The number of nitrogens with one attached hydrogen (secondary N) is 1. The van der Waals surface area contributed by atoms with Gasteiger partial charge in [-0.3, -0.25) is 9.10 Å². The maximum absolute atomic E-state index is 13.4. The van der Waals surface area contributed by atoms with Gasteiger partial charge >= 0.3 is 0 Å². The molecule has 1 aliphatic heterocycles. The van der Waals surface area contributed by atoms with Gasteiger partial charge in [0.1, 0.15) is 0 Å². The molecule has 2 rings (SSSR count). The molecule has 1 fully saturated rings. The highest BCUT2D eigenvalue weighted by Crippen LogP contribution is 2.21. The molecule has 1 heterocycles. The summed E-state index contributed by atoms with van der Waals surface area (Å²) >= 11 is 0. The second-order valence-corrected chi connectivity index (χ2v) is 9.67. The number of amides is 1. The zero-order valence-corrected chi connectivity index (χ0v) is 18.0. The number of benzene rings is 1. The Morgan fingerprint density at radius 3 is 2.52 bits per heavy atom. The van der Waals surface area contributed by atoms with Gasteiger partial charge in [0.05, 0.1) is 11.9 Å². The summed E-state index contributed by atoms with van der Waals surface area (Å²) < 4.78 is 51.5. The van der Waals surface area contributed by atoms with E-state index in [1.54, 1.807) is 0 Å². The van der Waals surface area contributed by atoms with E-state index in [4.69, 9.17) is 0 Å². The highest BCUT2D eigenvalue weighted by Gasteiger charge is 2.19. The van der Waals surface area contributed by atoms with Crippen LogP contribution < -0.4 is 9.62 Å². The summed E-state index contributed by atoms with van der Waals surface area (Å²) in [5, 5.41) is 2.86. The first-order chi connectivity index (χ1) is 13.7. The molecule has 0 bridgehead atoms. The first-order valence-electron chi connectivity index (χ1n) is 10.1. The first kappa shape index (κ1) is 23.5. The lowest BCUT2D eigenvalue weighted by atomic mass is 9.99. The Morgan fingerprint density at radius 1 is 1.21 bits per heavy atom. The van der Waals surface area contributed by atoms with Crippen LogP contribution in [0.2, 0.25) is 0 Å². The number of carbonyl (C=O) groups excluding carboxylic acids is 1. The van der Waals surface area contributed by atoms with Gasteiger partial charge in [-0.05, 0) is 63.4 Å². The van der Waals surface area contributed by atoms with Crippen molar-refractivity contribution >= 4 is 21.6 Å². The quantitative estimate of drug-likeness (QED) is 0.579. The maximum Gasteiger partial charge on any atom is 0.232 e. The van der Waals surface area contributed by atoms with Gasteiger partial charge in [-0.25, -0.2) is 17.2 Å². The van der Waals surface area contributed by atoms with E-state index in [-0.39, 0.29) is 31.0 Å². The first-order valence-corrected chi connectivity index (χ1v) is 11.9. The molecule has 164 valence electrons. The van der Waals surface area contributed by atoms with Crippen LogP contribution in [0.4, 0.5) is 14.5 Å². The van der Waals surface area contributed by atoms with E-state index < -0.39 is 21.7 Å². The summed E-state index contributed by atoms with van der Waals surface area (Å²) in [7, 11) is -3.68. The van der Waals surface area contributed by atoms with E-state index in [9.17, 15) is 22.0 Å². The molecule has 0 unspecified atom stereocenters. The average Bonchev–Trinajstić information content (AvgIpc) is 2.65. The van der Waals surface area contributed by atoms with Gasteiger partial charge in [-0.1, -0.05) is 6.92 Å². The van der Waals surface area contributed by atoms with E-state index in [1.165, 1.54) is 18.9 Å². The predicted molar refractivity (Wildman–Crippen MR) is 110 cm³/mol. The van der Waals surface area contributed by atoms with Gasteiger partial charge < -0.3 is 10.2 Å². The molecule has 6 nitrogen and oxygen atoms in total. The molecule has 1 aromatic rings. The van der Waals surface area contributed by atoms with Crippen molar-refractivity contribution < 1.29 is 22.0 Å². The monoisotopic (exact) mass is 431 g/mol. The van der Waals surface area contributed by atoms with Gasteiger partial charge in [0, 0.05) is 25.6 Å². The van der Waals surface area contributed by atoms with Crippen molar-refractivity contribution in [3.63, 3.8) is 0 Å².